The summed E-state index contributed by atoms with van der Waals surface area (Å²) in [5.41, 5.74) is 0. The average Bonchev–Trinajstić information content (AvgIpc) is 1.87. The van der Waals surface area contributed by atoms with Gasteiger partial charge in [0, 0.05) is 26.8 Å². The van der Waals surface area contributed by atoms with Crippen molar-refractivity contribution in [2.75, 3.05) is 6.61 Å². The van der Waals surface area contributed by atoms with Crippen molar-refractivity contribution >= 4 is 11.9 Å². The van der Waals surface area contributed by atoms with Crippen molar-refractivity contribution < 1.29 is 39.9 Å². The summed E-state index contributed by atoms with van der Waals surface area (Å²) in [6, 6.07) is 0. The number of esters is 1. The Bertz CT molecular complexity index is 135. The fraction of sp³-hybridized carbons (Fsp3) is 0.667. The third-order valence-electron chi connectivity index (χ3n) is 0.868. The Morgan fingerprint density at radius 2 is 2.00 bits per heavy atom. The van der Waals surface area contributed by atoms with Gasteiger partial charge in [-0.3, -0.25) is 9.59 Å². The molecule has 0 atom stereocenters. The van der Waals surface area contributed by atoms with Crippen LogP contribution in [0.5, 0.6) is 0 Å². The number of carbonyl (C=O) groups is 2. The van der Waals surface area contributed by atoms with Gasteiger partial charge in [0.15, 0.2) is 0 Å². The second-order valence-corrected chi connectivity index (χ2v) is 1.72. The Balaban J connectivity index is 0. The number of ether oxygens (including phenoxy) is 1. The monoisotopic (exact) mass is 252 g/mol. The van der Waals surface area contributed by atoms with Crippen molar-refractivity contribution in [2.45, 2.75) is 19.8 Å². The molecule has 0 bridgehead atoms. The van der Waals surface area contributed by atoms with Crippen molar-refractivity contribution in [3.05, 3.63) is 0 Å². The summed E-state index contributed by atoms with van der Waals surface area (Å²) in [5.74, 6) is -1.31. The fourth-order valence-electron chi connectivity index (χ4n) is 0.354. The first kappa shape index (κ1) is 13.2. The molecule has 0 rings (SSSR count). The average molecular weight is 253 g/mol. The van der Waals surface area contributed by atoms with E-state index in [4.69, 9.17) is 5.11 Å². The van der Waals surface area contributed by atoms with Crippen LogP contribution in [0.25, 0.3) is 0 Å². The van der Waals surface area contributed by atoms with Crippen molar-refractivity contribution in [1.29, 1.82) is 0 Å². The number of hydrogen-bond donors (Lipinski definition) is 1. The molecule has 0 fully saturated rings. The number of carbonyl (C=O) groups excluding carboxylic acids is 1. The zero-order valence-corrected chi connectivity index (χ0v) is 7.66. The molecular formula is C6H10O4Pd. The zero-order chi connectivity index (χ0) is 7.98. The van der Waals surface area contributed by atoms with Crippen molar-refractivity contribution in [2.24, 2.45) is 0 Å². The smallest absolute Gasteiger partial charge is 0.306 e. The van der Waals surface area contributed by atoms with Gasteiger partial charge in [0.1, 0.15) is 6.61 Å². The molecule has 0 heterocycles. The summed E-state index contributed by atoms with van der Waals surface area (Å²) >= 11 is 0. The second kappa shape index (κ2) is 7.71. The molecule has 0 unspecified atom stereocenters. The Hall–Kier alpha value is -0.398. The molecule has 11 heavy (non-hydrogen) atoms. The Labute approximate surface area is 78.6 Å². The number of carboxylic acids is 1. The van der Waals surface area contributed by atoms with Gasteiger partial charge in [-0.25, -0.2) is 0 Å². The maximum atomic E-state index is 10.4. The van der Waals surface area contributed by atoms with E-state index >= 15 is 0 Å². The van der Waals surface area contributed by atoms with Crippen LogP contribution in [0.1, 0.15) is 19.8 Å². The first-order valence-corrected chi connectivity index (χ1v) is 3.04. The van der Waals surface area contributed by atoms with E-state index in [-0.39, 0.29) is 39.4 Å². The largest absolute Gasteiger partial charge is 0.481 e. The van der Waals surface area contributed by atoms with Crippen LogP contribution in [0.2, 0.25) is 0 Å². The molecule has 0 saturated carbocycles. The zero-order valence-electron chi connectivity index (χ0n) is 6.11. The van der Waals surface area contributed by atoms with E-state index in [1.807, 2.05) is 0 Å². The first-order valence-electron chi connectivity index (χ1n) is 3.04. The fourth-order valence-corrected chi connectivity index (χ4v) is 0.354. The SMILES string of the molecule is CCC(=O)OCCC(=O)O.[Pd]. The minimum Gasteiger partial charge on any atom is -0.481 e. The Morgan fingerprint density at radius 3 is 2.36 bits per heavy atom. The molecule has 0 aliphatic carbocycles. The van der Waals surface area contributed by atoms with E-state index in [9.17, 15) is 9.59 Å². The van der Waals surface area contributed by atoms with Crippen LogP contribution >= 0.6 is 0 Å². The molecule has 4 nitrogen and oxygen atoms in total. The molecular weight excluding hydrogens is 242 g/mol. The maximum Gasteiger partial charge on any atom is 0.306 e. The molecule has 0 spiro atoms. The third-order valence-corrected chi connectivity index (χ3v) is 0.868. The van der Waals surface area contributed by atoms with E-state index in [2.05, 4.69) is 4.74 Å². The Kier molecular flexibility index (Phi) is 9.26. The molecule has 0 aromatic rings. The van der Waals surface area contributed by atoms with Crippen molar-refractivity contribution in [1.82, 2.24) is 0 Å². The van der Waals surface area contributed by atoms with E-state index in [0.717, 1.165) is 0 Å². The molecule has 68 valence electrons. The van der Waals surface area contributed by atoms with Crippen LogP contribution in [0.15, 0.2) is 0 Å². The second-order valence-electron chi connectivity index (χ2n) is 1.72. The van der Waals surface area contributed by atoms with Crippen LogP contribution in [0, 0.1) is 0 Å². The van der Waals surface area contributed by atoms with Gasteiger partial charge in [-0.1, -0.05) is 6.92 Å². The van der Waals surface area contributed by atoms with Gasteiger partial charge in [-0.05, 0) is 0 Å². The minimum atomic E-state index is -0.955. The molecule has 0 aliphatic rings. The standard InChI is InChI=1S/C6H10O4.Pd/c1-2-6(9)10-4-3-5(7)8;/h2-4H2,1H3,(H,7,8);. The summed E-state index contributed by atoms with van der Waals surface area (Å²) < 4.78 is 4.48. The van der Waals surface area contributed by atoms with Crippen LogP contribution < -0.4 is 0 Å². The summed E-state index contributed by atoms with van der Waals surface area (Å²) in [7, 11) is 0. The van der Waals surface area contributed by atoms with Crippen LogP contribution in [0.4, 0.5) is 0 Å². The van der Waals surface area contributed by atoms with Crippen LogP contribution in [-0.2, 0) is 34.7 Å². The molecule has 1 N–H and O–H groups in total. The number of carboxylic acid groups (broad SMARTS) is 1. The van der Waals surface area contributed by atoms with Gasteiger partial charge >= 0.3 is 11.9 Å². The van der Waals surface area contributed by atoms with Gasteiger partial charge in [0.25, 0.3) is 0 Å². The predicted molar refractivity (Wildman–Crippen MR) is 33.5 cm³/mol. The van der Waals surface area contributed by atoms with Crippen molar-refractivity contribution in [3.63, 3.8) is 0 Å². The maximum absolute atomic E-state index is 10.4. The summed E-state index contributed by atoms with van der Waals surface area (Å²) in [6.07, 6.45) is 0.172. The minimum absolute atomic E-state index is 0. The van der Waals surface area contributed by atoms with Crippen LogP contribution in [-0.4, -0.2) is 23.7 Å². The quantitative estimate of drug-likeness (QED) is 0.581. The van der Waals surface area contributed by atoms with Gasteiger partial charge < -0.3 is 9.84 Å². The van der Waals surface area contributed by atoms with Gasteiger partial charge in [-0.2, -0.15) is 0 Å². The van der Waals surface area contributed by atoms with E-state index in [1.54, 1.807) is 6.92 Å². The Morgan fingerprint density at radius 1 is 1.45 bits per heavy atom. The topological polar surface area (TPSA) is 63.6 Å². The summed E-state index contributed by atoms with van der Waals surface area (Å²) in [6.45, 7) is 1.63. The molecule has 0 aromatic heterocycles. The van der Waals surface area contributed by atoms with Crippen molar-refractivity contribution in [3.8, 4) is 0 Å². The molecule has 0 radical (unpaired) electrons. The first-order chi connectivity index (χ1) is 4.66. The molecule has 0 aliphatic heterocycles. The van der Waals surface area contributed by atoms with E-state index in [1.165, 1.54) is 0 Å². The number of aliphatic carboxylic acids is 1. The van der Waals surface area contributed by atoms with Gasteiger partial charge in [0.2, 0.25) is 0 Å². The van der Waals surface area contributed by atoms with Gasteiger partial charge in [0.05, 0.1) is 6.42 Å². The summed E-state index contributed by atoms with van der Waals surface area (Å²) in [4.78, 5) is 20.3. The van der Waals surface area contributed by atoms with Gasteiger partial charge in [-0.15, -0.1) is 0 Å². The molecule has 5 heteroatoms. The predicted octanol–water partition coefficient (Wildman–Crippen LogP) is 0.412. The molecule has 0 amide bonds. The number of hydrogen-bond acceptors (Lipinski definition) is 3. The van der Waals surface area contributed by atoms with E-state index < -0.39 is 5.97 Å². The van der Waals surface area contributed by atoms with Crippen LogP contribution in [0.3, 0.4) is 0 Å². The third kappa shape index (κ3) is 9.60. The summed E-state index contributed by atoms with van der Waals surface area (Å²) in [5, 5.41) is 8.11. The molecule has 0 aromatic carbocycles. The normalized spacial score (nSPS) is 8.09. The molecule has 0 saturated heterocycles. The van der Waals surface area contributed by atoms with E-state index in [0.29, 0.717) is 6.42 Å². The number of rotatable bonds is 4.